The van der Waals surface area contributed by atoms with E-state index in [1.807, 2.05) is 18.2 Å². The lowest BCUT2D eigenvalue weighted by atomic mass is 10.0. The van der Waals surface area contributed by atoms with Crippen molar-refractivity contribution in [2.45, 2.75) is 26.4 Å². The second-order valence-corrected chi connectivity index (χ2v) is 5.41. The molecule has 0 fully saturated rings. The molecule has 0 saturated carbocycles. The monoisotopic (exact) mass is 295 g/mol. The molecule has 0 aliphatic carbocycles. The largest absolute Gasteiger partial charge is 0.489 e. The maximum absolute atomic E-state index is 6.07. The van der Waals surface area contributed by atoms with Gasteiger partial charge in [0.05, 0.1) is 5.02 Å². The number of pyridine rings is 1. The first kappa shape index (κ1) is 14.2. The Bertz CT molecular complexity index is 570. The Balaban J connectivity index is 2.08. The first-order valence-corrected chi connectivity index (χ1v) is 6.84. The van der Waals surface area contributed by atoms with Crippen molar-refractivity contribution in [1.29, 1.82) is 0 Å². The molecule has 0 atom stereocenters. The molecular formula is C15H15Cl2NO. The Hall–Kier alpha value is -1.25. The van der Waals surface area contributed by atoms with Crippen LogP contribution in [0.15, 0.2) is 36.5 Å². The predicted octanol–water partition coefficient (Wildman–Crippen LogP) is 5.09. The van der Waals surface area contributed by atoms with E-state index in [0.717, 1.165) is 11.3 Å². The summed E-state index contributed by atoms with van der Waals surface area (Å²) in [4.78, 5) is 4.00. The summed E-state index contributed by atoms with van der Waals surface area (Å²) in [5.74, 6) is 1.31. The van der Waals surface area contributed by atoms with E-state index in [4.69, 9.17) is 27.9 Å². The van der Waals surface area contributed by atoms with Crippen LogP contribution in [-0.4, -0.2) is 4.98 Å². The van der Waals surface area contributed by atoms with Crippen LogP contribution in [0.25, 0.3) is 0 Å². The Labute approximate surface area is 123 Å². The molecule has 0 saturated heterocycles. The maximum Gasteiger partial charge on any atom is 0.130 e. The maximum atomic E-state index is 6.07. The topological polar surface area (TPSA) is 22.1 Å². The van der Waals surface area contributed by atoms with Gasteiger partial charge in [0.2, 0.25) is 0 Å². The van der Waals surface area contributed by atoms with Crippen molar-refractivity contribution in [2.75, 3.05) is 0 Å². The van der Waals surface area contributed by atoms with Crippen LogP contribution in [0.3, 0.4) is 0 Å². The smallest absolute Gasteiger partial charge is 0.130 e. The van der Waals surface area contributed by atoms with Gasteiger partial charge >= 0.3 is 0 Å². The third kappa shape index (κ3) is 3.85. The van der Waals surface area contributed by atoms with Crippen LogP contribution < -0.4 is 4.74 Å². The van der Waals surface area contributed by atoms with Crippen LogP contribution in [0.2, 0.25) is 10.2 Å². The van der Waals surface area contributed by atoms with Gasteiger partial charge in [0.15, 0.2) is 0 Å². The minimum absolute atomic E-state index is 0.380. The normalized spacial score (nSPS) is 10.8. The van der Waals surface area contributed by atoms with Crippen LogP contribution in [0, 0.1) is 0 Å². The zero-order valence-electron chi connectivity index (χ0n) is 10.9. The van der Waals surface area contributed by atoms with Crippen LogP contribution in [0.5, 0.6) is 5.75 Å². The van der Waals surface area contributed by atoms with Gasteiger partial charge in [0.1, 0.15) is 17.5 Å². The van der Waals surface area contributed by atoms with E-state index in [1.54, 1.807) is 12.3 Å². The fourth-order valence-electron chi connectivity index (χ4n) is 1.67. The fourth-order valence-corrected chi connectivity index (χ4v) is 2.09. The molecule has 0 spiro atoms. The molecule has 100 valence electrons. The van der Waals surface area contributed by atoms with E-state index < -0.39 is 0 Å². The van der Waals surface area contributed by atoms with Crippen molar-refractivity contribution in [3.63, 3.8) is 0 Å². The van der Waals surface area contributed by atoms with Crippen molar-refractivity contribution in [1.82, 2.24) is 4.98 Å². The molecule has 0 aliphatic heterocycles. The van der Waals surface area contributed by atoms with Crippen molar-refractivity contribution < 1.29 is 4.74 Å². The number of ether oxygens (including phenoxy) is 1. The summed E-state index contributed by atoms with van der Waals surface area (Å²) in [7, 11) is 0. The summed E-state index contributed by atoms with van der Waals surface area (Å²) >= 11 is 11.8. The van der Waals surface area contributed by atoms with Crippen molar-refractivity contribution >= 4 is 23.2 Å². The summed E-state index contributed by atoms with van der Waals surface area (Å²) in [5, 5.41) is 0.954. The van der Waals surface area contributed by atoms with Crippen molar-refractivity contribution in [3.05, 3.63) is 57.8 Å². The molecule has 1 heterocycles. The molecule has 1 aromatic heterocycles. The molecule has 19 heavy (non-hydrogen) atoms. The number of nitrogens with zero attached hydrogens (tertiary/aromatic N) is 1. The molecule has 2 aromatic rings. The molecular weight excluding hydrogens is 281 g/mol. The minimum atomic E-state index is 0.380. The molecule has 4 heteroatoms. The molecule has 0 amide bonds. The van der Waals surface area contributed by atoms with Crippen LogP contribution in [0.4, 0.5) is 0 Å². The number of halogens is 2. The molecule has 2 nitrogen and oxygen atoms in total. The van der Waals surface area contributed by atoms with Crippen molar-refractivity contribution in [3.8, 4) is 5.75 Å². The van der Waals surface area contributed by atoms with E-state index in [1.165, 1.54) is 5.56 Å². The van der Waals surface area contributed by atoms with E-state index in [-0.39, 0.29) is 0 Å². The van der Waals surface area contributed by atoms with E-state index in [2.05, 4.69) is 24.9 Å². The van der Waals surface area contributed by atoms with Crippen LogP contribution in [0.1, 0.15) is 30.9 Å². The van der Waals surface area contributed by atoms with Gasteiger partial charge in [-0.05, 0) is 29.7 Å². The zero-order valence-corrected chi connectivity index (χ0v) is 12.4. The summed E-state index contributed by atoms with van der Waals surface area (Å²) in [6.07, 6.45) is 1.64. The molecule has 0 bridgehead atoms. The molecule has 1 aromatic carbocycles. The second-order valence-electron chi connectivity index (χ2n) is 4.61. The highest BCUT2D eigenvalue weighted by Gasteiger charge is 2.05. The standard InChI is InChI=1S/C15H15Cl2NO/c1-10(2)11-4-3-5-13(6-11)19-9-12-8-18-15(17)7-14(12)16/h3-8,10H,9H2,1-2H3. The summed E-state index contributed by atoms with van der Waals surface area (Å²) < 4.78 is 5.74. The first-order chi connectivity index (χ1) is 9.06. The lowest BCUT2D eigenvalue weighted by Crippen LogP contribution is -1.98. The number of hydrogen-bond acceptors (Lipinski definition) is 2. The van der Waals surface area contributed by atoms with Crippen molar-refractivity contribution in [2.24, 2.45) is 0 Å². The number of rotatable bonds is 4. The summed E-state index contributed by atoms with van der Waals surface area (Å²) in [6.45, 7) is 4.68. The highest BCUT2D eigenvalue weighted by molar-refractivity contribution is 6.34. The van der Waals surface area contributed by atoms with Crippen LogP contribution >= 0.6 is 23.2 Å². The van der Waals surface area contributed by atoms with E-state index >= 15 is 0 Å². The lowest BCUT2D eigenvalue weighted by Gasteiger charge is -2.10. The lowest BCUT2D eigenvalue weighted by molar-refractivity contribution is 0.305. The third-order valence-corrected chi connectivity index (χ3v) is 3.37. The number of benzene rings is 1. The quantitative estimate of drug-likeness (QED) is 0.733. The van der Waals surface area contributed by atoms with Gasteiger partial charge in [-0.25, -0.2) is 4.98 Å². The average Bonchev–Trinajstić information content (AvgIpc) is 2.38. The highest BCUT2D eigenvalue weighted by Crippen LogP contribution is 2.23. The van der Waals surface area contributed by atoms with Crippen LogP contribution in [-0.2, 0) is 6.61 Å². The molecule has 0 radical (unpaired) electrons. The molecule has 0 aliphatic rings. The van der Waals surface area contributed by atoms with Gasteiger partial charge in [0.25, 0.3) is 0 Å². The molecule has 2 rings (SSSR count). The van der Waals surface area contributed by atoms with Gasteiger partial charge in [0, 0.05) is 11.8 Å². The Morgan fingerprint density at radius 1 is 1.21 bits per heavy atom. The Morgan fingerprint density at radius 2 is 2.00 bits per heavy atom. The Morgan fingerprint density at radius 3 is 2.68 bits per heavy atom. The first-order valence-electron chi connectivity index (χ1n) is 6.09. The fraction of sp³-hybridized carbons (Fsp3) is 0.267. The summed E-state index contributed by atoms with van der Waals surface area (Å²) in [6, 6.07) is 9.68. The third-order valence-electron chi connectivity index (χ3n) is 2.82. The highest BCUT2D eigenvalue weighted by atomic mass is 35.5. The SMILES string of the molecule is CC(C)c1cccc(OCc2cnc(Cl)cc2Cl)c1. The zero-order chi connectivity index (χ0) is 13.8. The second kappa shape index (κ2) is 6.27. The summed E-state index contributed by atoms with van der Waals surface area (Å²) in [5.41, 5.74) is 2.07. The average molecular weight is 296 g/mol. The van der Waals surface area contributed by atoms with Gasteiger partial charge in [-0.15, -0.1) is 0 Å². The van der Waals surface area contributed by atoms with Gasteiger partial charge in [-0.3, -0.25) is 0 Å². The number of hydrogen-bond donors (Lipinski definition) is 0. The Kier molecular flexibility index (Phi) is 4.67. The minimum Gasteiger partial charge on any atom is -0.489 e. The van der Waals surface area contributed by atoms with E-state index in [9.17, 15) is 0 Å². The predicted molar refractivity (Wildman–Crippen MR) is 79.1 cm³/mol. The van der Waals surface area contributed by atoms with Gasteiger partial charge < -0.3 is 4.74 Å². The van der Waals surface area contributed by atoms with E-state index in [0.29, 0.717) is 22.7 Å². The molecule has 0 N–H and O–H groups in total. The number of aromatic nitrogens is 1. The van der Waals surface area contributed by atoms with Gasteiger partial charge in [-0.2, -0.15) is 0 Å². The molecule has 0 unspecified atom stereocenters. The van der Waals surface area contributed by atoms with Gasteiger partial charge in [-0.1, -0.05) is 49.2 Å².